The topological polar surface area (TPSA) is 63.7 Å². The molecular formula is C11H12N4O. The van der Waals surface area contributed by atoms with Gasteiger partial charge >= 0.3 is 0 Å². The van der Waals surface area contributed by atoms with E-state index in [9.17, 15) is 0 Å². The standard InChI is InChI=1S/C11H12N4O/c1-8(6-16-2)15-10(4-12)3-9-5-13-7-14-11(9)15/h3,5,7-8H,6H2,1-2H3/t8-/m0/s1. The number of aromatic nitrogens is 3. The van der Waals surface area contributed by atoms with Crippen LogP contribution in [0.4, 0.5) is 0 Å². The Balaban J connectivity index is 2.61. The smallest absolute Gasteiger partial charge is 0.144 e. The average molecular weight is 216 g/mol. The zero-order valence-corrected chi connectivity index (χ0v) is 9.21. The molecule has 0 unspecified atom stereocenters. The zero-order valence-electron chi connectivity index (χ0n) is 9.21. The summed E-state index contributed by atoms with van der Waals surface area (Å²) in [7, 11) is 1.64. The molecule has 0 aliphatic carbocycles. The second-order valence-electron chi connectivity index (χ2n) is 3.62. The van der Waals surface area contributed by atoms with Gasteiger partial charge in [-0.15, -0.1) is 0 Å². The van der Waals surface area contributed by atoms with Crippen LogP contribution in [0.15, 0.2) is 18.6 Å². The Morgan fingerprint density at radius 3 is 3.12 bits per heavy atom. The van der Waals surface area contributed by atoms with Crippen molar-refractivity contribution < 1.29 is 4.74 Å². The number of fused-ring (bicyclic) bond motifs is 1. The molecule has 0 bridgehead atoms. The molecule has 5 heteroatoms. The lowest BCUT2D eigenvalue weighted by molar-refractivity contribution is 0.163. The van der Waals surface area contributed by atoms with E-state index in [-0.39, 0.29) is 6.04 Å². The molecule has 0 spiro atoms. The lowest BCUT2D eigenvalue weighted by Crippen LogP contribution is -2.13. The van der Waals surface area contributed by atoms with Crippen molar-refractivity contribution in [2.45, 2.75) is 13.0 Å². The van der Waals surface area contributed by atoms with Crippen molar-refractivity contribution in [2.24, 2.45) is 0 Å². The van der Waals surface area contributed by atoms with E-state index in [1.54, 1.807) is 19.4 Å². The summed E-state index contributed by atoms with van der Waals surface area (Å²) in [4.78, 5) is 8.14. The summed E-state index contributed by atoms with van der Waals surface area (Å²) >= 11 is 0. The third-order valence-corrected chi connectivity index (χ3v) is 2.46. The third kappa shape index (κ3) is 1.64. The predicted molar refractivity (Wildman–Crippen MR) is 58.8 cm³/mol. The summed E-state index contributed by atoms with van der Waals surface area (Å²) in [5.74, 6) is 0. The molecule has 0 aliphatic rings. The highest BCUT2D eigenvalue weighted by Crippen LogP contribution is 2.21. The van der Waals surface area contributed by atoms with Crippen LogP contribution in [0.1, 0.15) is 18.7 Å². The summed E-state index contributed by atoms with van der Waals surface area (Å²) < 4.78 is 6.98. The number of ether oxygens (including phenoxy) is 1. The van der Waals surface area contributed by atoms with Gasteiger partial charge in [-0.2, -0.15) is 5.26 Å². The van der Waals surface area contributed by atoms with Crippen molar-refractivity contribution in [1.29, 1.82) is 5.26 Å². The molecule has 2 heterocycles. The molecule has 0 saturated heterocycles. The fourth-order valence-corrected chi connectivity index (χ4v) is 1.82. The number of rotatable bonds is 3. The number of nitrogens with zero attached hydrogens (tertiary/aromatic N) is 4. The Labute approximate surface area is 93.3 Å². The molecule has 0 radical (unpaired) electrons. The first-order chi connectivity index (χ1) is 7.77. The van der Waals surface area contributed by atoms with E-state index in [1.165, 1.54) is 6.33 Å². The minimum Gasteiger partial charge on any atom is -0.383 e. The number of hydrogen-bond acceptors (Lipinski definition) is 4. The van der Waals surface area contributed by atoms with Gasteiger partial charge in [-0.05, 0) is 13.0 Å². The van der Waals surface area contributed by atoms with Gasteiger partial charge in [0.1, 0.15) is 23.7 Å². The SMILES string of the molecule is COC[C@H](C)n1c(C#N)cc2cncnc21. The predicted octanol–water partition coefficient (Wildman–Crippen LogP) is 1.51. The molecule has 0 N–H and O–H groups in total. The van der Waals surface area contributed by atoms with Crippen LogP contribution in [-0.4, -0.2) is 28.3 Å². The maximum absolute atomic E-state index is 9.08. The molecule has 0 aromatic carbocycles. The minimum absolute atomic E-state index is 0.0760. The van der Waals surface area contributed by atoms with E-state index in [4.69, 9.17) is 10.00 Å². The van der Waals surface area contributed by atoms with E-state index in [2.05, 4.69) is 16.0 Å². The largest absolute Gasteiger partial charge is 0.383 e. The summed E-state index contributed by atoms with van der Waals surface area (Å²) in [5.41, 5.74) is 1.36. The van der Waals surface area contributed by atoms with E-state index < -0.39 is 0 Å². The summed E-state index contributed by atoms with van der Waals surface area (Å²) in [5, 5.41) is 9.95. The van der Waals surface area contributed by atoms with Crippen molar-refractivity contribution in [3.05, 3.63) is 24.3 Å². The van der Waals surface area contributed by atoms with Crippen LogP contribution in [-0.2, 0) is 4.74 Å². The van der Waals surface area contributed by atoms with Crippen LogP contribution in [0, 0.1) is 11.3 Å². The highest BCUT2D eigenvalue weighted by atomic mass is 16.5. The van der Waals surface area contributed by atoms with Crippen LogP contribution in [0.3, 0.4) is 0 Å². The van der Waals surface area contributed by atoms with Crippen molar-refractivity contribution in [3.8, 4) is 6.07 Å². The van der Waals surface area contributed by atoms with Crippen molar-refractivity contribution in [3.63, 3.8) is 0 Å². The second-order valence-corrected chi connectivity index (χ2v) is 3.62. The molecule has 1 atom stereocenters. The Morgan fingerprint density at radius 2 is 2.44 bits per heavy atom. The Bertz CT molecular complexity index is 540. The van der Waals surface area contributed by atoms with Gasteiger partial charge in [-0.25, -0.2) is 9.97 Å². The van der Waals surface area contributed by atoms with Gasteiger partial charge in [0.25, 0.3) is 0 Å². The first-order valence-electron chi connectivity index (χ1n) is 4.98. The van der Waals surface area contributed by atoms with Gasteiger partial charge in [-0.3, -0.25) is 0 Å². The summed E-state index contributed by atoms with van der Waals surface area (Å²) in [6.45, 7) is 2.54. The average Bonchev–Trinajstić information content (AvgIpc) is 2.67. The van der Waals surface area contributed by atoms with Crippen LogP contribution in [0.25, 0.3) is 11.0 Å². The Morgan fingerprint density at radius 1 is 1.62 bits per heavy atom. The van der Waals surface area contributed by atoms with E-state index in [0.29, 0.717) is 12.3 Å². The van der Waals surface area contributed by atoms with Gasteiger partial charge in [-0.1, -0.05) is 0 Å². The normalized spacial score (nSPS) is 12.6. The molecule has 0 fully saturated rings. The highest BCUT2D eigenvalue weighted by Gasteiger charge is 2.14. The zero-order chi connectivity index (χ0) is 11.5. The number of hydrogen-bond donors (Lipinski definition) is 0. The lowest BCUT2D eigenvalue weighted by Gasteiger charge is -2.14. The molecule has 0 amide bonds. The highest BCUT2D eigenvalue weighted by molar-refractivity contribution is 5.77. The van der Waals surface area contributed by atoms with Gasteiger partial charge < -0.3 is 9.30 Å². The number of methoxy groups -OCH3 is 1. The molecule has 16 heavy (non-hydrogen) atoms. The van der Waals surface area contributed by atoms with E-state index in [1.807, 2.05) is 11.5 Å². The molecule has 0 saturated carbocycles. The Hall–Kier alpha value is -1.93. The monoisotopic (exact) mass is 216 g/mol. The summed E-state index contributed by atoms with van der Waals surface area (Å²) in [6, 6.07) is 4.03. The molecular weight excluding hydrogens is 204 g/mol. The lowest BCUT2D eigenvalue weighted by atomic mass is 10.3. The van der Waals surface area contributed by atoms with Crippen molar-refractivity contribution in [1.82, 2.24) is 14.5 Å². The maximum atomic E-state index is 9.08. The first-order valence-corrected chi connectivity index (χ1v) is 4.98. The Kier molecular flexibility index (Phi) is 2.84. The third-order valence-electron chi connectivity index (χ3n) is 2.46. The molecule has 0 aliphatic heterocycles. The van der Waals surface area contributed by atoms with Gasteiger partial charge in [0.2, 0.25) is 0 Å². The van der Waals surface area contributed by atoms with Crippen LogP contribution in [0.5, 0.6) is 0 Å². The van der Waals surface area contributed by atoms with E-state index >= 15 is 0 Å². The van der Waals surface area contributed by atoms with Crippen LogP contribution in [0.2, 0.25) is 0 Å². The molecule has 2 aromatic heterocycles. The van der Waals surface area contributed by atoms with Crippen molar-refractivity contribution >= 4 is 11.0 Å². The van der Waals surface area contributed by atoms with Crippen LogP contribution >= 0.6 is 0 Å². The van der Waals surface area contributed by atoms with Gasteiger partial charge in [0.05, 0.1) is 12.6 Å². The van der Waals surface area contributed by atoms with E-state index in [0.717, 1.165) is 11.0 Å². The molecule has 2 rings (SSSR count). The van der Waals surface area contributed by atoms with Gasteiger partial charge in [0.15, 0.2) is 0 Å². The first kappa shape index (κ1) is 10.6. The fraction of sp³-hybridized carbons (Fsp3) is 0.364. The van der Waals surface area contributed by atoms with Crippen molar-refractivity contribution in [2.75, 3.05) is 13.7 Å². The quantitative estimate of drug-likeness (QED) is 0.780. The summed E-state index contributed by atoms with van der Waals surface area (Å²) in [6.07, 6.45) is 3.19. The minimum atomic E-state index is 0.0760. The maximum Gasteiger partial charge on any atom is 0.144 e. The molecule has 2 aromatic rings. The molecule has 5 nitrogen and oxygen atoms in total. The molecule has 82 valence electrons. The van der Waals surface area contributed by atoms with Gasteiger partial charge in [0, 0.05) is 18.7 Å². The second kappa shape index (κ2) is 4.29. The number of nitriles is 1. The van der Waals surface area contributed by atoms with Crippen LogP contribution < -0.4 is 0 Å². The fourth-order valence-electron chi connectivity index (χ4n) is 1.82.